The third-order valence-corrected chi connectivity index (χ3v) is 3.05. The summed E-state index contributed by atoms with van der Waals surface area (Å²) < 4.78 is 0. The first-order valence-corrected chi connectivity index (χ1v) is 6.86. The third-order valence-electron chi connectivity index (χ3n) is 3.05. The van der Waals surface area contributed by atoms with E-state index >= 15 is 0 Å². The van der Waals surface area contributed by atoms with Gasteiger partial charge in [-0.25, -0.2) is 0 Å². The molecule has 0 saturated heterocycles. The van der Waals surface area contributed by atoms with Crippen molar-refractivity contribution >= 4 is 5.82 Å². The number of nitrogens with zero attached hydrogens (tertiary/aromatic N) is 1. The molecule has 1 heterocycles. The van der Waals surface area contributed by atoms with Gasteiger partial charge in [-0.2, -0.15) is 5.10 Å². The van der Waals surface area contributed by atoms with Gasteiger partial charge in [-0.3, -0.25) is 5.10 Å². The Morgan fingerprint density at radius 3 is 2.63 bits per heavy atom. The first-order valence-electron chi connectivity index (χ1n) is 6.86. The molecule has 4 heteroatoms. The number of benzene rings is 1. The van der Waals surface area contributed by atoms with E-state index < -0.39 is 0 Å². The summed E-state index contributed by atoms with van der Waals surface area (Å²) in [5.41, 5.74) is 2.18. The van der Waals surface area contributed by atoms with Gasteiger partial charge in [-0.05, 0) is 18.4 Å². The van der Waals surface area contributed by atoms with Crippen molar-refractivity contribution in [3.05, 3.63) is 36.4 Å². The van der Waals surface area contributed by atoms with Crippen LogP contribution < -0.4 is 5.32 Å². The van der Waals surface area contributed by atoms with Crippen LogP contribution in [0.5, 0.6) is 0 Å². The highest BCUT2D eigenvalue weighted by Gasteiger charge is 2.02. The smallest absolute Gasteiger partial charge is 0.148 e. The van der Waals surface area contributed by atoms with Crippen LogP contribution in [0.15, 0.2) is 36.4 Å². The topological polar surface area (TPSA) is 60.9 Å². The Kier molecular flexibility index (Phi) is 5.44. The van der Waals surface area contributed by atoms with Gasteiger partial charge in [0, 0.05) is 19.2 Å². The quantitative estimate of drug-likeness (QED) is 0.639. The molecule has 0 spiro atoms. The predicted octanol–water partition coefficient (Wildman–Crippen LogP) is 3.04. The Bertz CT molecular complexity index is 467. The molecule has 2 rings (SSSR count). The molecule has 0 amide bonds. The zero-order valence-corrected chi connectivity index (χ0v) is 11.1. The van der Waals surface area contributed by atoms with E-state index in [1.54, 1.807) is 0 Å². The monoisotopic (exact) mass is 259 g/mol. The number of hydrogen-bond donors (Lipinski definition) is 3. The van der Waals surface area contributed by atoms with Crippen molar-refractivity contribution in [2.45, 2.75) is 25.7 Å². The summed E-state index contributed by atoms with van der Waals surface area (Å²) in [6.45, 7) is 1.22. The van der Waals surface area contributed by atoms with Crippen molar-refractivity contribution in [3.63, 3.8) is 0 Å². The lowest BCUT2D eigenvalue weighted by atomic mass is 10.1. The number of aromatic nitrogens is 2. The van der Waals surface area contributed by atoms with Crippen LogP contribution in [0, 0.1) is 0 Å². The van der Waals surface area contributed by atoms with Crippen molar-refractivity contribution in [1.82, 2.24) is 10.2 Å². The highest BCUT2D eigenvalue weighted by molar-refractivity contribution is 5.62. The summed E-state index contributed by atoms with van der Waals surface area (Å²) in [5.74, 6) is 0.890. The fraction of sp³-hybridized carbons (Fsp3) is 0.400. The second kappa shape index (κ2) is 7.59. The minimum atomic E-state index is 0.299. The maximum atomic E-state index is 8.68. The molecule has 0 bridgehead atoms. The molecule has 0 unspecified atom stereocenters. The summed E-state index contributed by atoms with van der Waals surface area (Å²) in [6.07, 6.45) is 4.24. The number of aliphatic hydroxyl groups is 1. The fourth-order valence-corrected chi connectivity index (χ4v) is 1.98. The molecule has 0 atom stereocenters. The van der Waals surface area contributed by atoms with Gasteiger partial charge in [0.1, 0.15) is 5.82 Å². The number of H-pyrrole nitrogens is 1. The van der Waals surface area contributed by atoms with Gasteiger partial charge in [0.2, 0.25) is 0 Å². The molecular formula is C15H21N3O. The summed E-state index contributed by atoms with van der Waals surface area (Å²) in [6, 6.07) is 12.2. The number of aliphatic hydroxyl groups excluding tert-OH is 1. The fourth-order valence-electron chi connectivity index (χ4n) is 1.98. The number of nitrogens with one attached hydrogen (secondary N) is 2. The lowest BCUT2D eigenvalue weighted by Crippen LogP contribution is -2.01. The van der Waals surface area contributed by atoms with Crippen LogP contribution in [0.25, 0.3) is 11.3 Å². The van der Waals surface area contributed by atoms with Crippen LogP contribution in [0.2, 0.25) is 0 Å². The van der Waals surface area contributed by atoms with Crippen LogP contribution in [-0.2, 0) is 0 Å². The molecule has 102 valence electrons. The van der Waals surface area contributed by atoms with Crippen molar-refractivity contribution < 1.29 is 5.11 Å². The average molecular weight is 259 g/mol. The molecule has 19 heavy (non-hydrogen) atoms. The Morgan fingerprint density at radius 1 is 1.05 bits per heavy atom. The SMILES string of the molecule is OCCCCCCNc1cc(-c2ccccc2)[nH]n1. The zero-order valence-electron chi connectivity index (χ0n) is 11.1. The van der Waals surface area contributed by atoms with Crippen LogP contribution in [0.4, 0.5) is 5.82 Å². The number of unbranched alkanes of at least 4 members (excludes halogenated alkanes) is 3. The number of anilines is 1. The maximum Gasteiger partial charge on any atom is 0.148 e. The van der Waals surface area contributed by atoms with E-state index in [2.05, 4.69) is 27.6 Å². The van der Waals surface area contributed by atoms with Gasteiger partial charge in [0.05, 0.1) is 5.69 Å². The maximum absolute atomic E-state index is 8.68. The molecule has 1 aromatic heterocycles. The van der Waals surface area contributed by atoms with E-state index in [-0.39, 0.29) is 0 Å². The van der Waals surface area contributed by atoms with Crippen molar-refractivity contribution in [3.8, 4) is 11.3 Å². The Labute approximate surface area is 113 Å². The third kappa shape index (κ3) is 4.41. The molecule has 0 aliphatic rings. The summed E-state index contributed by atoms with van der Waals surface area (Å²) in [5, 5.41) is 19.3. The number of aromatic amines is 1. The Hall–Kier alpha value is -1.81. The van der Waals surface area contributed by atoms with Gasteiger partial charge in [0.15, 0.2) is 0 Å². The van der Waals surface area contributed by atoms with Gasteiger partial charge in [-0.15, -0.1) is 0 Å². The molecule has 1 aromatic carbocycles. The number of rotatable bonds is 8. The van der Waals surface area contributed by atoms with E-state index in [4.69, 9.17) is 5.11 Å². The molecule has 2 aromatic rings. The zero-order chi connectivity index (χ0) is 13.3. The van der Waals surface area contributed by atoms with E-state index in [1.165, 1.54) is 0 Å². The van der Waals surface area contributed by atoms with Crippen molar-refractivity contribution in [2.75, 3.05) is 18.5 Å². The van der Waals surface area contributed by atoms with Gasteiger partial charge in [-0.1, -0.05) is 43.2 Å². The van der Waals surface area contributed by atoms with E-state index in [1.807, 2.05) is 24.3 Å². The van der Waals surface area contributed by atoms with Gasteiger partial charge >= 0.3 is 0 Å². The first-order chi connectivity index (χ1) is 9.40. The van der Waals surface area contributed by atoms with Crippen molar-refractivity contribution in [1.29, 1.82) is 0 Å². The van der Waals surface area contributed by atoms with Crippen LogP contribution in [0.3, 0.4) is 0 Å². The average Bonchev–Trinajstić information content (AvgIpc) is 2.92. The van der Waals surface area contributed by atoms with Crippen LogP contribution in [0.1, 0.15) is 25.7 Å². The Balaban J connectivity index is 1.75. The van der Waals surface area contributed by atoms with Crippen LogP contribution in [-0.4, -0.2) is 28.5 Å². The highest BCUT2D eigenvalue weighted by atomic mass is 16.2. The van der Waals surface area contributed by atoms with Gasteiger partial charge in [0.25, 0.3) is 0 Å². The van der Waals surface area contributed by atoms with E-state index in [0.717, 1.165) is 49.3 Å². The first kappa shape index (κ1) is 13.6. The molecule has 0 saturated carbocycles. The van der Waals surface area contributed by atoms with Gasteiger partial charge < -0.3 is 10.4 Å². The van der Waals surface area contributed by atoms with Crippen LogP contribution >= 0.6 is 0 Å². The Morgan fingerprint density at radius 2 is 1.84 bits per heavy atom. The molecule has 4 nitrogen and oxygen atoms in total. The largest absolute Gasteiger partial charge is 0.396 e. The molecule has 0 fully saturated rings. The molecule has 0 aliphatic heterocycles. The summed E-state index contributed by atoms with van der Waals surface area (Å²) >= 11 is 0. The molecular weight excluding hydrogens is 238 g/mol. The standard InChI is InChI=1S/C15H21N3O/c19-11-7-2-1-6-10-16-15-12-14(17-18-15)13-8-4-3-5-9-13/h3-5,8-9,12,19H,1-2,6-7,10-11H2,(H2,16,17,18). The second-order valence-electron chi connectivity index (χ2n) is 4.60. The minimum absolute atomic E-state index is 0.299. The second-order valence-corrected chi connectivity index (χ2v) is 4.60. The molecule has 0 radical (unpaired) electrons. The lowest BCUT2D eigenvalue weighted by Gasteiger charge is -2.01. The predicted molar refractivity (Wildman–Crippen MR) is 78.1 cm³/mol. The molecule has 0 aliphatic carbocycles. The summed E-state index contributed by atoms with van der Waals surface area (Å²) in [7, 11) is 0. The lowest BCUT2D eigenvalue weighted by molar-refractivity contribution is 0.283. The summed E-state index contributed by atoms with van der Waals surface area (Å²) in [4.78, 5) is 0. The van der Waals surface area contributed by atoms with E-state index in [0.29, 0.717) is 6.61 Å². The highest BCUT2D eigenvalue weighted by Crippen LogP contribution is 2.18. The minimum Gasteiger partial charge on any atom is -0.396 e. The number of hydrogen-bond acceptors (Lipinski definition) is 3. The normalized spacial score (nSPS) is 10.6. The van der Waals surface area contributed by atoms with E-state index in [9.17, 15) is 0 Å². The molecule has 3 N–H and O–H groups in total. The van der Waals surface area contributed by atoms with Crippen molar-refractivity contribution in [2.24, 2.45) is 0 Å².